The van der Waals surface area contributed by atoms with Crippen molar-refractivity contribution in [2.75, 3.05) is 32.1 Å². The lowest BCUT2D eigenvalue weighted by Gasteiger charge is -2.36. The van der Waals surface area contributed by atoms with Crippen molar-refractivity contribution in [2.45, 2.75) is 18.9 Å². The summed E-state index contributed by atoms with van der Waals surface area (Å²) in [5.41, 5.74) is 0. The van der Waals surface area contributed by atoms with E-state index in [1.54, 1.807) is 12.4 Å². The van der Waals surface area contributed by atoms with Crippen LogP contribution in [0.4, 0.5) is 5.82 Å². The third-order valence-corrected chi connectivity index (χ3v) is 3.33. The quantitative estimate of drug-likeness (QED) is 0.787. The maximum Gasteiger partial charge on any atom is 0.171 e. The number of likely N-dealkylation sites (N-methyl/N-ethyl adjacent to an activating group) is 1. The summed E-state index contributed by atoms with van der Waals surface area (Å²) in [5, 5.41) is 0.502. The van der Waals surface area contributed by atoms with Crippen LogP contribution in [0.1, 0.15) is 12.8 Å². The minimum atomic E-state index is 0.502. The van der Waals surface area contributed by atoms with E-state index in [1.165, 1.54) is 12.8 Å². The molecule has 1 aromatic rings. The molecule has 1 unspecified atom stereocenters. The largest absolute Gasteiger partial charge is 0.352 e. The van der Waals surface area contributed by atoms with Crippen LogP contribution in [0.5, 0.6) is 0 Å². The highest BCUT2D eigenvalue weighted by atomic mass is 35.5. The first kappa shape index (κ1) is 11.6. The van der Waals surface area contributed by atoms with Gasteiger partial charge >= 0.3 is 0 Å². The van der Waals surface area contributed by atoms with Crippen molar-refractivity contribution in [3.63, 3.8) is 0 Å². The van der Waals surface area contributed by atoms with Crippen LogP contribution in [0.3, 0.4) is 0 Å². The van der Waals surface area contributed by atoms with Crippen molar-refractivity contribution in [3.8, 4) is 0 Å². The Kier molecular flexibility index (Phi) is 3.61. The van der Waals surface area contributed by atoms with Gasteiger partial charge in [0.1, 0.15) is 0 Å². The smallest absolute Gasteiger partial charge is 0.171 e. The first-order valence-corrected chi connectivity index (χ1v) is 5.94. The summed E-state index contributed by atoms with van der Waals surface area (Å²) in [6.45, 7) is 1.99. The number of hydrogen-bond acceptors (Lipinski definition) is 4. The summed E-state index contributed by atoms with van der Waals surface area (Å²) in [6, 6.07) is 0.576. The maximum atomic E-state index is 6.06. The second-order valence-electron chi connectivity index (χ2n) is 4.38. The summed E-state index contributed by atoms with van der Waals surface area (Å²) >= 11 is 6.06. The summed E-state index contributed by atoms with van der Waals surface area (Å²) < 4.78 is 0. The Labute approximate surface area is 101 Å². The first-order chi connectivity index (χ1) is 7.68. The maximum absolute atomic E-state index is 6.06. The van der Waals surface area contributed by atoms with Crippen LogP contribution in [0, 0.1) is 0 Å². The van der Waals surface area contributed by atoms with E-state index in [4.69, 9.17) is 11.6 Å². The van der Waals surface area contributed by atoms with Crippen molar-refractivity contribution in [2.24, 2.45) is 0 Å². The Morgan fingerprint density at radius 3 is 2.81 bits per heavy atom. The van der Waals surface area contributed by atoms with Crippen molar-refractivity contribution < 1.29 is 0 Å². The molecule has 1 aromatic heterocycles. The van der Waals surface area contributed by atoms with Crippen molar-refractivity contribution in [1.82, 2.24) is 14.9 Å². The molecule has 0 saturated carbocycles. The first-order valence-electron chi connectivity index (χ1n) is 5.56. The second kappa shape index (κ2) is 4.97. The van der Waals surface area contributed by atoms with Gasteiger partial charge in [0.25, 0.3) is 0 Å². The van der Waals surface area contributed by atoms with Gasteiger partial charge < -0.3 is 9.80 Å². The summed E-state index contributed by atoms with van der Waals surface area (Å²) in [4.78, 5) is 12.9. The van der Waals surface area contributed by atoms with Gasteiger partial charge in [-0.05, 0) is 26.9 Å². The molecule has 1 fully saturated rings. The lowest BCUT2D eigenvalue weighted by Crippen LogP contribution is -2.45. The van der Waals surface area contributed by atoms with E-state index in [-0.39, 0.29) is 0 Å². The fraction of sp³-hybridized carbons (Fsp3) is 0.636. The van der Waals surface area contributed by atoms with E-state index in [9.17, 15) is 0 Å². The molecule has 1 atom stereocenters. The molecule has 4 nitrogen and oxygen atoms in total. The molecular formula is C11H17ClN4. The van der Waals surface area contributed by atoms with E-state index in [0.717, 1.165) is 18.9 Å². The molecule has 2 heterocycles. The highest BCUT2D eigenvalue weighted by Gasteiger charge is 2.23. The van der Waals surface area contributed by atoms with Crippen molar-refractivity contribution in [1.29, 1.82) is 0 Å². The molecule has 0 aliphatic carbocycles. The minimum absolute atomic E-state index is 0.502. The Hall–Kier alpha value is -0.870. The van der Waals surface area contributed by atoms with Gasteiger partial charge in [-0.15, -0.1) is 0 Å². The summed E-state index contributed by atoms with van der Waals surface area (Å²) in [5.74, 6) is 0.815. The molecule has 1 aliphatic heterocycles. The van der Waals surface area contributed by atoms with Crippen LogP contribution >= 0.6 is 11.6 Å². The molecule has 1 aliphatic rings. The number of aromatic nitrogens is 2. The highest BCUT2D eigenvalue weighted by Crippen LogP contribution is 2.24. The van der Waals surface area contributed by atoms with Gasteiger partial charge in [-0.25, -0.2) is 9.97 Å². The SMILES string of the molecule is CN(C)C1CCCN(c2nccnc2Cl)C1. The van der Waals surface area contributed by atoms with Crippen molar-refractivity contribution >= 4 is 17.4 Å². The lowest BCUT2D eigenvalue weighted by atomic mass is 10.1. The fourth-order valence-corrected chi connectivity index (χ4v) is 2.32. The van der Waals surface area contributed by atoms with Gasteiger partial charge in [0.15, 0.2) is 11.0 Å². The van der Waals surface area contributed by atoms with E-state index >= 15 is 0 Å². The molecule has 0 N–H and O–H groups in total. The predicted molar refractivity (Wildman–Crippen MR) is 66.0 cm³/mol. The standard InChI is InChI=1S/C11H17ClN4/c1-15(2)9-4-3-7-16(8-9)11-10(12)13-5-6-14-11/h5-6,9H,3-4,7-8H2,1-2H3. The minimum Gasteiger partial charge on any atom is -0.352 e. The Morgan fingerprint density at radius 2 is 2.12 bits per heavy atom. The average molecular weight is 241 g/mol. The number of rotatable bonds is 2. The molecule has 88 valence electrons. The number of anilines is 1. The van der Waals surface area contributed by atoms with Crippen LogP contribution in [-0.2, 0) is 0 Å². The van der Waals surface area contributed by atoms with Crippen LogP contribution < -0.4 is 4.90 Å². The van der Waals surface area contributed by atoms with E-state index in [1.807, 2.05) is 0 Å². The topological polar surface area (TPSA) is 32.3 Å². The third-order valence-electron chi connectivity index (χ3n) is 3.06. The van der Waals surface area contributed by atoms with Gasteiger partial charge in [0.05, 0.1) is 0 Å². The van der Waals surface area contributed by atoms with Crippen LogP contribution in [0.25, 0.3) is 0 Å². The molecule has 0 aromatic carbocycles. The van der Waals surface area contributed by atoms with Gasteiger partial charge in [-0.1, -0.05) is 11.6 Å². The molecule has 2 rings (SSSR count). The second-order valence-corrected chi connectivity index (χ2v) is 4.73. The Bertz CT molecular complexity index is 356. The average Bonchev–Trinajstić information content (AvgIpc) is 2.30. The molecule has 0 bridgehead atoms. The number of halogens is 1. The normalized spacial score (nSPS) is 21.5. The predicted octanol–water partition coefficient (Wildman–Crippen LogP) is 1.66. The number of nitrogens with zero attached hydrogens (tertiary/aromatic N) is 4. The Balaban J connectivity index is 2.13. The molecule has 0 amide bonds. The molecular weight excluding hydrogens is 224 g/mol. The van der Waals surface area contributed by atoms with Crippen LogP contribution in [0.2, 0.25) is 5.15 Å². The zero-order valence-electron chi connectivity index (χ0n) is 9.73. The van der Waals surface area contributed by atoms with Gasteiger partial charge in [-0.2, -0.15) is 0 Å². The zero-order chi connectivity index (χ0) is 11.5. The summed E-state index contributed by atoms with van der Waals surface area (Å²) in [7, 11) is 4.24. The highest BCUT2D eigenvalue weighted by molar-refractivity contribution is 6.31. The molecule has 1 saturated heterocycles. The Morgan fingerprint density at radius 1 is 1.38 bits per heavy atom. The monoisotopic (exact) mass is 240 g/mol. The van der Waals surface area contributed by atoms with E-state index < -0.39 is 0 Å². The van der Waals surface area contributed by atoms with Gasteiger partial charge in [0, 0.05) is 31.5 Å². The summed E-state index contributed by atoms with van der Waals surface area (Å²) in [6.07, 6.45) is 5.73. The third kappa shape index (κ3) is 2.44. The van der Waals surface area contributed by atoms with Crippen molar-refractivity contribution in [3.05, 3.63) is 17.5 Å². The van der Waals surface area contributed by atoms with Crippen LogP contribution in [0.15, 0.2) is 12.4 Å². The van der Waals surface area contributed by atoms with E-state index in [2.05, 4.69) is 33.9 Å². The van der Waals surface area contributed by atoms with E-state index in [0.29, 0.717) is 11.2 Å². The fourth-order valence-electron chi connectivity index (χ4n) is 2.09. The number of piperidine rings is 1. The van der Waals surface area contributed by atoms with Gasteiger partial charge in [-0.3, -0.25) is 0 Å². The van der Waals surface area contributed by atoms with Crippen LogP contribution in [-0.4, -0.2) is 48.1 Å². The zero-order valence-corrected chi connectivity index (χ0v) is 10.5. The molecule has 0 spiro atoms. The molecule has 5 heteroatoms. The lowest BCUT2D eigenvalue weighted by molar-refractivity contribution is 0.257. The molecule has 16 heavy (non-hydrogen) atoms. The number of hydrogen-bond donors (Lipinski definition) is 0. The molecule has 0 radical (unpaired) electrons. The van der Waals surface area contributed by atoms with Gasteiger partial charge in [0.2, 0.25) is 0 Å².